The van der Waals surface area contributed by atoms with E-state index in [1.807, 2.05) is 31.2 Å². The normalized spacial score (nSPS) is 17.6. The molecular weight excluding hydrogens is 358 g/mol. The van der Waals surface area contributed by atoms with Gasteiger partial charge in [-0.2, -0.15) is 0 Å². The van der Waals surface area contributed by atoms with Crippen LogP contribution in [-0.2, 0) is 20.7 Å². The number of carbonyl (C=O) groups is 3. The van der Waals surface area contributed by atoms with Crippen molar-refractivity contribution in [1.29, 1.82) is 0 Å². The van der Waals surface area contributed by atoms with Gasteiger partial charge in [-0.3, -0.25) is 14.5 Å². The highest BCUT2D eigenvalue weighted by Crippen LogP contribution is 2.22. The minimum Gasteiger partial charge on any atom is -0.444 e. The highest BCUT2D eigenvalue weighted by molar-refractivity contribution is 5.99. The zero-order valence-electron chi connectivity index (χ0n) is 17.4. The van der Waals surface area contributed by atoms with E-state index >= 15 is 0 Å². The lowest BCUT2D eigenvalue weighted by Gasteiger charge is -2.32. The molecule has 28 heavy (non-hydrogen) atoms. The molecule has 0 aromatic heterocycles. The number of ether oxygens (including phenoxy) is 1. The fourth-order valence-corrected chi connectivity index (χ4v) is 3.26. The molecule has 0 saturated carbocycles. The monoisotopic (exact) mass is 389 g/mol. The molecule has 1 aromatic rings. The average molecular weight is 389 g/mol. The standard InChI is InChI=1S/C21H31N3O4/c1-6-17(24(7-2)20(27)28-21(3,4)5)19(26)23-16-13-12-14-10-8-9-11-15(14)22-18(16)25/h8-11,16-17H,6-7,12-13H2,1-5H3,(H,22,25)(H,23,26)/t16-,17-/m0/s1. The van der Waals surface area contributed by atoms with Gasteiger partial charge in [0.2, 0.25) is 11.8 Å². The maximum Gasteiger partial charge on any atom is 0.410 e. The molecule has 0 aliphatic carbocycles. The van der Waals surface area contributed by atoms with Crippen LogP contribution in [0.4, 0.5) is 10.5 Å². The van der Waals surface area contributed by atoms with Gasteiger partial charge in [0, 0.05) is 12.2 Å². The van der Waals surface area contributed by atoms with Gasteiger partial charge in [-0.05, 0) is 58.6 Å². The van der Waals surface area contributed by atoms with Gasteiger partial charge < -0.3 is 15.4 Å². The predicted molar refractivity (Wildman–Crippen MR) is 108 cm³/mol. The van der Waals surface area contributed by atoms with Crippen LogP contribution in [0, 0.1) is 0 Å². The van der Waals surface area contributed by atoms with Crippen LogP contribution < -0.4 is 10.6 Å². The molecule has 1 heterocycles. The number of anilines is 1. The van der Waals surface area contributed by atoms with E-state index < -0.39 is 23.8 Å². The Labute approximate surface area is 166 Å². The zero-order chi connectivity index (χ0) is 20.9. The van der Waals surface area contributed by atoms with E-state index in [1.165, 1.54) is 4.90 Å². The summed E-state index contributed by atoms with van der Waals surface area (Å²) in [5.41, 5.74) is 1.18. The van der Waals surface area contributed by atoms with Gasteiger partial charge >= 0.3 is 6.09 Å². The second-order valence-electron chi connectivity index (χ2n) is 7.94. The molecule has 0 fully saturated rings. The fourth-order valence-electron chi connectivity index (χ4n) is 3.26. The summed E-state index contributed by atoms with van der Waals surface area (Å²) in [6.45, 7) is 9.33. The van der Waals surface area contributed by atoms with Crippen LogP contribution in [-0.4, -0.2) is 47.0 Å². The van der Waals surface area contributed by atoms with Gasteiger partial charge in [-0.15, -0.1) is 0 Å². The molecule has 0 saturated heterocycles. The zero-order valence-corrected chi connectivity index (χ0v) is 17.4. The Balaban J connectivity index is 2.08. The summed E-state index contributed by atoms with van der Waals surface area (Å²) in [5, 5.41) is 5.70. The summed E-state index contributed by atoms with van der Waals surface area (Å²) in [6.07, 6.45) is 1.08. The van der Waals surface area contributed by atoms with E-state index in [0.29, 0.717) is 25.8 Å². The Bertz CT molecular complexity index is 727. The summed E-state index contributed by atoms with van der Waals surface area (Å²) >= 11 is 0. The van der Waals surface area contributed by atoms with E-state index in [-0.39, 0.29) is 11.8 Å². The molecular formula is C21H31N3O4. The number of hydrogen-bond donors (Lipinski definition) is 2. The Hall–Kier alpha value is -2.57. The summed E-state index contributed by atoms with van der Waals surface area (Å²) in [6, 6.07) is 6.27. The smallest absolute Gasteiger partial charge is 0.410 e. The molecule has 0 unspecified atom stereocenters. The van der Waals surface area contributed by atoms with E-state index in [4.69, 9.17) is 4.74 Å². The number of nitrogens with zero attached hydrogens (tertiary/aromatic N) is 1. The van der Waals surface area contributed by atoms with Crippen LogP contribution in [0.25, 0.3) is 0 Å². The van der Waals surface area contributed by atoms with Gasteiger partial charge in [0.05, 0.1) is 0 Å². The van der Waals surface area contributed by atoms with Crippen molar-refractivity contribution in [1.82, 2.24) is 10.2 Å². The fraction of sp³-hybridized carbons (Fsp3) is 0.571. The largest absolute Gasteiger partial charge is 0.444 e. The van der Waals surface area contributed by atoms with E-state index in [2.05, 4.69) is 10.6 Å². The number of benzene rings is 1. The highest BCUT2D eigenvalue weighted by Gasteiger charge is 2.33. The molecule has 3 amide bonds. The first-order valence-corrected chi connectivity index (χ1v) is 9.85. The molecule has 1 aliphatic rings. The van der Waals surface area contributed by atoms with Crippen LogP contribution in [0.1, 0.15) is 53.0 Å². The second-order valence-corrected chi connectivity index (χ2v) is 7.94. The van der Waals surface area contributed by atoms with E-state index in [0.717, 1.165) is 11.3 Å². The minimum absolute atomic E-state index is 0.242. The number of rotatable bonds is 5. The first kappa shape index (κ1) is 21.7. The van der Waals surface area contributed by atoms with Crippen molar-refractivity contribution in [3.05, 3.63) is 29.8 Å². The van der Waals surface area contributed by atoms with Gasteiger partial charge in [0.25, 0.3) is 0 Å². The Morgan fingerprint density at radius 3 is 2.57 bits per heavy atom. The highest BCUT2D eigenvalue weighted by atomic mass is 16.6. The van der Waals surface area contributed by atoms with Crippen LogP contribution in [0.15, 0.2) is 24.3 Å². The van der Waals surface area contributed by atoms with Crippen molar-refractivity contribution in [2.75, 3.05) is 11.9 Å². The molecule has 7 nitrogen and oxygen atoms in total. The number of amides is 3. The Morgan fingerprint density at radius 2 is 1.96 bits per heavy atom. The lowest BCUT2D eigenvalue weighted by atomic mass is 10.1. The molecule has 0 bridgehead atoms. The third kappa shape index (κ3) is 5.47. The first-order valence-electron chi connectivity index (χ1n) is 9.85. The molecule has 2 N–H and O–H groups in total. The number of likely N-dealkylation sites (N-methyl/N-ethyl adjacent to an activating group) is 1. The summed E-state index contributed by atoms with van der Waals surface area (Å²) in [7, 11) is 0. The van der Waals surface area contributed by atoms with Gasteiger partial charge in [0.15, 0.2) is 0 Å². The molecule has 7 heteroatoms. The lowest BCUT2D eigenvalue weighted by molar-refractivity contribution is -0.130. The topological polar surface area (TPSA) is 87.7 Å². The predicted octanol–water partition coefficient (Wildman–Crippen LogP) is 3.09. The second kappa shape index (κ2) is 9.08. The van der Waals surface area contributed by atoms with Gasteiger partial charge in [-0.1, -0.05) is 25.1 Å². The van der Waals surface area contributed by atoms with Gasteiger partial charge in [0.1, 0.15) is 17.7 Å². The van der Waals surface area contributed by atoms with Crippen molar-refractivity contribution >= 4 is 23.6 Å². The quantitative estimate of drug-likeness (QED) is 0.810. The van der Waals surface area contributed by atoms with Crippen molar-refractivity contribution in [2.45, 2.75) is 71.6 Å². The lowest BCUT2D eigenvalue weighted by Crippen LogP contribution is -2.54. The molecule has 154 valence electrons. The number of fused-ring (bicyclic) bond motifs is 1. The molecule has 0 spiro atoms. The molecule has 2 rings (SSSR count). The van der Waals surface area contributed by atoms with Crippen LogP contribution in [0.5, 0.6) is 0 Å². The first-order chi connectivity index (χ1) is 13.2. The average Bonchev–Trinajstić information content (AvgIpc) is 2.76. The number of hydrogen-bond acceptors (Lipinski definition) is 4. The van der Waals surface area contributed by atoms with Crippen LogP contribution >= 0.6 is 0 Å². The summed E-state index contributed by atoms with van der Waals surface area (Å²) < 4.78 is 5.42. The van der Waals surface area contributed by atoms with Crippen molar-refractivity contribution < 1.29 is 19.1 Å². The number of aryl methyl sites for hydroxylation is 1. The Morgan fingerprint density at radius 1 is 1.29 bits per heavy atom. The maximum atomic E-state index is 12.9. The number of carbonyl (C=O) groups excluding carboxylic acids is 3. The van der Waals surface area contributed by atoms with Crippen molar-refractivity contribution in [2.24, 2.45) is 0 Å². The third-order valence-electron chi connectivity index (χ3n) is 4.64. The van der Waals surface area contributed by atoms with Crippen LogP contribution in [0.2, 0.25) is 0 Å². The minimum atomic E-state index is -0.696. The summed E-state index contributed by atoms with van der Waals surface area (Å²) in [4.78, 5) is 39.4. The Kier molecular flexibility index (Phi) is 7.05. The number of para-hydroxylation sites is 1. The SMILES string of the molecule is CC[C@@H](C(=O)N[C@H]1CCc2ccccc2NC1=O)N(CC)C(=O)OC(C)(C)C. The van der Waals surface area contributed by atoms with E-state index in [9.17, 15) is 14.4 Å². The van der Waals surface area contributed by atoms with E-state index in [1.54, 1.807) is 27.7 Å². The van der Waals surface area contributed by atoms with Crippen molar-refractivity contribution in [3.8, 4) is 0 Å². The third-order valence-corrected chi connectivity index (χ3v) is 4.64. The molecule has 1 aliphatic heterocycles. The van der Waals surface area contributed by atoms with Crippen molar-refractivity contribution in [3.63, 3.8) is 0 Å². The van der Waals surface area contributed by atoms with Gasteiger partial charge in [-0.25, -0.2) is 4.79 Å². The molecule has 0 radical (unpaired) electrons. The maximum absolute atomic E-state index is 12.9. The number of nitrogens with one attached hydrogen (secondary N) is 2. The van der Waals surface area contributed by atoms with Crippen LogP contribution in [0.3, 0.4) is 0 Å². The summed E-state index contributed by atoms with van der Waals surface area (Å²) in [5.74, 6) is -0.588. The molecule has 1 aromatic carbocycles. The molecule has 2 atom stereocenters.